The predicted octanol–water partition coefficient (Wildman–Crippen LogP) is 6.02. The van der Waals surface area contributed by atoms with Crippen molar-refractivity contribution in [1.29, 1.82) is 0 Å². The molecule has 0 unspecified atom stereocenters. The Morgan fingerprint density at radius 3 is 2.31 bits per heavy atom. The quantitative estimate of drug-likeness (QED) is 0.508. The Kier molecular flexibility index (Phi) is 8.61. The molecule has 172 valence electrons. The summed E-state index contributed by atoms with van der Waals surface area (Å²) >= 11 is 12.3. The number of carbonyl (C=O) groups excluding carboxylic acids is 2. The van der Waals surface area contributed by atoms with Crippen LogP contribution in [0.1, 0.15) is 61.3 Å². The van der Waals surface area contributed by atoms with E-state index in [1.807, 2.05) is 38.1 Å². The van der Waals surface area contributed by atoms with Gasteiger partial charge in [0.25, 0.3) is 0 Å². The van der Waals surface area contributed by atoms with Crippen LogP contribution in [0.4, 0.5) is 0 Å². The lowest BCUT2D eigenvalue weighted by Gasteiger charge is -2.31. The number of amides is 2. The molecule has 1 fully saturated rings. The number of hydrogen-bond acceptors (Lipinski definition) is 2. The van der Waals surface area contributed by atoms with Gasteiger partial charge in [0, 0.05) is 12.6 Å². The van der Waals surface area contributed by atoms with E-state index < -0.39 is 6.04 Å². The van der Waals surface area contributed by atoms with Gasteiger partial charge in [0.05, 0.1) is 16.5 Å². The van der Waals surface area contributed by atoms with Crippen LogP contribution in [0.15, 0.2) is 36.4 Å². The maximum absolute atomic E-state index is 13.5. The van der Waals surface area contributed by atoms with Gasteiger partial charge in [0.15, 0.2) is 0 Å². The Hall–Kier alpha value is -2.04. The minimum Gasteiger partial charge on any atom is -0.352 e. The molecular weight excluding hydrogens is 443 g/mol. The smallest absolute Gasteiger partial charge is 0.243 e. The van der Waals surface area contributed by atoms with Gasteiger partial charge in [0.1, 0.15) is 6.04 Å². The highest BCUT2D eigenvalue weighted by atomic mass is 35.5. The highest BCUT2D eigenvalue weighted by Gasteiger charge is 2.30. The summed E-state index contributed by atoms with van der Waals surface area (Å²) in [6, 6.07) is 11.1. The van der Waals surface area contributed by atoms with E-state index >= 15 is 0 Å². The summed E-state index contributed by atoms with van der Waals surface area (Å²) < 4.78 is 0. The van der Waals surface area contributed by atoms with E-state index in [2.05, 4.69) is 12.2 Å². The number of hydrogen-bond donors (Lipinski definition) is 1. The molecule has 3 rings (SSSR count). The molecule has 0 saturated heterocycles. The zero-order valence-corrected chi connectivity index (χ0v) is 20.6. The molecule has 1 saturated carbocycles. The van der Waals surface area contributed by atoms with Crippen LogP contribution in [0, 0.1) is 13.8 Å². The molecule has 1 aliphatic rings. The Morgan fingerprint density at radius 1 is 1.00 bits per heavy atom. The SMILES string of the molecule is CC[C@@H](C(=O)NC1CCCC1)N(Cc1ccc(Cl)c(Cl)c1)C(=O)Cc1ccc(C)c(C)c1. The van der Waals surface area contributed by atoms with Gasteiger partial charge >= 0.3 is 0 Å². The van der Waals surface area contributed by atoms with Gasteiger partial charge in [-0.05, 0) is 67.5 Å². The van der Waals surface area contributed by atoms with E-state index in [0.29, 0.717) is 23.0 Å². The largest absolute Gasteiger partial charge is 0.352 e. The second-order valence-corrected chi connectivity index (χ2v) is 9.59. The van der Waals surface area contributed by atoms with Crippen molar-refractivity contribution in [1.82, 2.24) is 10.2 Å². The molecule has 32 heavy (non-hydrogen) atoms. The molecule has 0 aromatic heterocycles. The molecule has 0 spiro atoms. The monoisotopic (exact) mass is 474 g/mol. The second-order valence-electron chi connectivity index (χ2n) is 8.78. The van der Waals surface area contributed by atoms with Crippen molar-refractivity contribution >= 4 is 35.0 Å². The molecule has 1 aliphatic carbocycles. The van der Waals surface area contributed by atoms with Gasteiger partial charge in [-0.3, -0.25) is 9.59 Å². The van der Waals surface area contributed by atoms with Crippen molar-refractivity contribution in [2.24, 2.45) is 0 Å². The fourth-order valence-corrected chi connectivity index (χ4v) is 4.63. The molecule has 2 aromatic carbocycles. The lowest BCUT2D eigenvalue weighted by Crippen LogP contribution is -2.51. The average Bonchev–Trinajstić information content (AvgIpc) is 3.26. The summed E-state index contributed by atoms with van der Waals surface area (Å²) in [5.41, 5.74) is 4.14. The van der Waals surface area contributed by atoms with Gasteiger partial charge in [-0.1, -0.05) is 67.2 Å². The van der Waals surface area contributed by atoms with Crippen LogP contribution >= 0.6 is 23.2 Å². The van der Waals surface area contributed by atoms with E-state index in [-0.39, 0.29) is 24.3 Å². The highest BCUT2D eigenvalue weighted by Crippen LogP contribution is 2.25. The third kappa shape index (κ3) is 6.26. The predicted molar refractivity (Wildman–Crippen MR) is 131 cm³/mol. The van der Waals surface area contributed by atoms with E-state index in [1.165, 1.54) is 5.56 Å². The first-order valence-electron chi connectivity index (χ1n) is 11.4. The topological polar surface area (TPSA) is 49.4 Å². The number of benzene rings is 2. The summed E-state index contributed by atoms with van der Waals surface area (Å²) in [5, 5.41) is 4.08. The summed E-state index contributed by atoms with van der Waals surface area (Å²) in [5.74, 6) is -0.152. The molecular formula is C26H32Cl2N2O2. The van der Waals surface area contributed by atoms with E-state index in [9.17, 15) is 9.59 Å². The third-order valence-electron chi connectivity index (χ3n) is 6.35. The number of halogens is 2. The zero-order valence-electron chi connectivity index (χ0n) is 19.1. The Morgan fingerprint density at radius 2 is 1.69 bits per heavy atom. The summed E-state index contributed by atoms with van der Waals surface area (Å²) in [6.45, 7) is 6.35. The summed E-state index contributed by atoms with van der Waals surface area (Å²) in [6.07, 6.45) is 5.08. The Bertz CT molecular complexity index is 970. The van der Waals surface area contributed by atoms with Crippen molar-refractivity contribution < 1.29 is 9.59 Å². The van der Waals surface area contributed by atoms with Crippen LogP contribution in [-0.4, -0.2) is 28.8 Å². The van der Waals surface area contributed by atoms with Gasteiger partial charge in [-0.2, -0.15) is 0 Å². The van der Waals surface area contributed by atoms with Crippen molar-refractivity contribution in [3.63, 3.8) is 0 Å². The van der Waals surface area contributed by atoms with Crippen molar-refractivity contribution in [3.05, 3.63) is 68.7 Å². The molecule has 2 aromatic rings. The number of aryl methyl sites for hydroxylation is 2. The van der Waals surface area contributed by atoms with Crippen LogP contribution in [-0.2, 0) is 22.6 Å². The molecule has 0 heterocycles. The first-order valence-corrected chi connectivity index (χ1v) is 12.1. The fraction of sp³-hybridized carbons (Fsp3) is 0.462. The van der Waals surface area contributed by atoms with Gasteiger partial charge in [-0.15, -0.1) is 0 Å². The maximum atomic E-state index is 13.5. The molecule has 0 radical (unpaired) electrons. The molecule has 2 amide bonds. The highest BCUT2D eigenvalue weighted by molar-refractivity contribution is 6.42. The van der Waals surface area contributed by atoms with Gasteiger partial charge in [-0.25, -0.2) is 0 Å². The first-order chi connectivity index (χ1) is 15.3. The van der Waals surface area contributed by atoms with Crippen LogP contribution in [0.3, 0.4) is 0 Å². The lowest BCUT2D eigenvalue weighted by atomic mass is 10.0. The normalized spacial score (nSPS) is 14.9. The maximum Gasteiger partial charge on any atom is 0.243 e. The van der Waals surface area contributed by atoms with Crippen LogP contribution in [0.2, 0.25) is 10.0 Å². The molecule has 6 heteroatoms. The third-order valence-corrected chi connectivity index (χ3v) is 7.09. The van der Waals surface area contributed by atoms with Crippen molar-refractivity contribution in [2.45, 2.75) is 77.9 Å². The number of rotatable bonds is 8. The van der Waals surface area contributed by atoms with Gasteiger partial charge in [0.2, 0.25) is 11.8 Å². The summed E-state index contributed by atoms with van der Waals surface area (Å²) in [4.78, 5) is 28.4. The zero-order chi connectivity index (χ0) is 23.3. The number of nitrogens with one attached hydrogen (secondary N) is 1. The molecule has 1 N–H and O–H groups in total. The average molecular weight is 475 g/mol. The standard InChI is InChI=1S/C26H32Cl2N2O2/c1-4-24(26(32)29-21-7-5-6-8-21)30(16-20-11-12-22(27)23(28)14-20)25(31)15-19-10-9-17(2)18(3)13-19/h9-14,21,24H,4-8,15-16H2,1-3H3,(H,29,32)/t24-/m0/s1. The van der Waals surface area contributed by atoms with Gasteiger partial charge < -0.3 is 10.2 Å². The van der Waals surface area contributed by atoms with Crippen LogP contribution in [0.25, 0.3) is 0 Å². The van der Waals surface area contributed by atoms with Crippen molar-refractivity contribution in [2.75, 3.05) is 0 Å². The molecule has 4 nitrogen and oxygen atoms in total. The Balaban J connectivity index is 1.85. The van der Waals surface area contributed by atoms with E-state index in [4.69, 9.17) is 23.2 Å². The number of carbonyl (C=O) groups is 2. The molecule has 1 atom stereocenters. The second kappa shape index (κ2) is 11.2. The fourth-order valence-electron chi connectivity index (χ4n) is 4.31. The molecule has 0 aliphatic heterocycles. The summed E-state index contributed by atoms with van der Waals surface area (Å²) in [7, 11) is 0. The van der Waals surface area contributed by atoms with E-state index in [0.717, 1.165) is 42.4 Å². The number of nitrogens with zero attached hydrogens (tertiary/aromatic N) is 1. The minimum absolute atomic E-state index is 0.0760. The van der Waals surface area contributed by atoms with Crippen LogP contribution in [0.5, 0.6) is 0 Å². The van der Waals surface area contributed by atoms with Crippen molar-refractivity contribution in [3.8, 4) is 0 Å². The lowest BCUT2D eigenvalue weighted by molar-refractivity contribution is -0.141. The molecule has 0 bridgehead atoms. The van der Waals surface area contributed by atoms with E-state index in [1.54, 1.807) is 17.0 Å². The Labute approximate surface area is 201 Å². The minimum atomic E-state index is -0.538. The first kappa shape index (κ1) is 24.6. The van der Waals surface area contributed by atoms with Crippen LogP contribution < -0.4 is 5.32 Å².